The van der Waals surface area contributed by atoms with Gasteiger partial charge in [0.1, 0.15) is 5.82 Å². The maximum Gasteiger partial charge on any atom is 0.317 e. The summed E-state index contributed by atoms with van der Waals surface area (Å²) in [5, 5.41) is 10.3. The molecule has 2 heterocycles. The Kier molecular flexibility index (Phi) is 7.12. The van der Waals surface area contributed by atoms with Crippen LogP contribution in [0.15, 0.2) is 48.5 Å². The molecule has 1 atom stereocenters. The lowest BCUT2D eigenvalue weighted by atomic mass is 10.1. The van der Waals surface area contributed by atoms with Crippen LogP contribution in [0.2, 0.25) is 0 Å². The van der Waals surface area contributed by atoms with Gasteiger partial charge in [-0.3, -0.25) is 5.10 Å². The summed E-state index contributed by atoms with van der Waals surface area (Å²) in [6, 6.07) is 13.7. The lowest BCUT2D eigenvalue weighted by Crippen LogP contribution is -2.39. The summed E-state index contributed by atoms with van der Waals surface area (Å²) in [4.78, 5) is 14.3. The smallest absolute Gasteiger partial charge is 0.317 e. The van der Waals surface area contributed by atoms with Crippen LogP contribution in [0.1, 0.15) is 37.1 Å². The third-order valence-electron chi connectivity index (χ3n) is 5.65. The number of carbonyl (C=O) groups is 1. The maximum absolute atomic E-state index is 13.4. The number of halogens is 1. The molecule has 33 heavy (non-hydrogen) atoms. The van der Waals surface area contributed by atoms with E-state index in [-0.39, 0.29) is 17.9 Å². The third-order valence-corrected chi connectivity index (χ3v) is 5.65. The summed E-state index contributed by atoms with van der Waals surface area (Å²) in [6.07, 6.45) is 2.36. The predicted molar refractivity (Wildman–Crippen MR) is 124 cm³/mol. The molecule has 1 aliphatic rings. The van der Waals surface area contributed by atoms with Gasteiger partial charge in [0.25, 0.3) is 0 Å². The van der Waals surface area contributed by atoms with Crippen LogP contribution >= 0.6 is 0 Å². The summed E-state index contributed by atoms with van der Waals surface area (Å²) in [6.45, 7) is 3.81. The van der Waals surface area contributed by atoms with E-state index in [0.29, 0.717) is 25.5 Å². The molecule has 2 N–H and O–H groups in total. The van der Waals surface area contributed by atoms with E-state index < -0.39 is 0 Å². The first-order chi connectivity index (χ1) is 16.0. The Labute approximate surface area is 192 Å². The fourth-order valence-corrected chi connectivity index (χ4v) is 3.72. The monoisotopic (exact) mass is 452 g/mol. The van der Waals surface area contributed by atoms with Gasteiger partial charge >= 0.3 is 6.03 Å². The van der Waals surface area contributed by atoms with Crippen molar-refractivity contribution in [1.82, 2.24) is 20.4 Å². The molecule has 0 fully saturated rings. The van der Waals surface area contributed by atoms with Gasteiger partial charge in [0.2, 0.25) is 0 Å². The standard InChI is InChI=1S/C25H29FN4O3/c1-17(18-9-10-23-24(15-18)33-13-5-12-32-23)27-25(31)30(2)11-4-8-21-16-22(29-28-21)19-6-3-7-20(26)14-19/h3,6-7,9-10,14-17H,4-5,8,11-13H2,1-2H3,(H,27,31)(H,28,29). The largest absolute Gasteiger partial charge is 0.490 e. The van der Waals surface area contributed by atoms with Crippen LogP contribution in [0.5, 0.6) is 11.5 Å². The lowest BCUT2D eigenvalue weighted by Gasteiger charge is -2.22. The Morgan fingerprint density at radius 3 is 2.82 bits per heavy atom. The van der Waals surface area contributed by atoms with Gasteiger partial charge in [0.15, 0.2) is 11.5 Å². The molecule has 2 amide bonds. The Balaban J connectivity index is 1.26. The summed E-state index contributed by atoms with van der Waals surface area (Å²) >= 11 is 0. The van der Waals surface area contributed by atoms with Gasteiger partial charge in [0.05, 0.1) is 24.9 Å². The number of aryl methyl sites for hydroxylation is 1. The molecular weight excluding hydrogens is 423 g/mol. The highest BCUT2D eigenvalue weighted by molar-refractivity contribution is 5.74. The average molecular weight is 453 g/mol. The highest BCUT2D eigenvalue weighted by Crippen LogP contribution is 2.32. The van der Waals surface area contributed by atoms with E-state index in [1.807, 2.05) is 37.3 Å². The molecule has 2 aromatic carbocycles. The van der Waals surface area contributed by atoms with Crippen molar-refractivity contribution in [1.29, 1.82) is 0 Å². The molecule has 174 valence electrons. The maximum atomic E-state index is 13.4. The van der Waals surface area contributed by atoms with Gasteiger partial charge in [-0.15, -0.1) is 0 Å². The van der Waals surface area contributed by atoms with Crippen LogP contribution in [0.3, 0.4) is 0 Å². The van der Waals surface area contributed by atoms with Gasteiger partial charge in [0, 0.05) is 31.3 Å². The molecule has 4 rings (SSSR count). The lowest BCUT2D eigenvalue weighted by molar-refractivity contribution is 0.205. The number of urea groups is 1. The van der Waals surface area contributed by atoms with Gasteiger partial charge in [-0.2, -0.15) is 5.10 Å². The Bertz CT molecular complexity index is 1100. The van der Waals surface area contributed by atoms with Crippen molar-refractivity contribution in [2.24, 2.45) is 0 Å². The van der Waals surface area contributed by atoms with E-state index in [4.69, 9.17) is 9.47 Å². The number of aromatic amines is 1. The quantitative estimate of drug-likeness (QED) is 0.544. The van der Waals surface area contributed by atoms with Crippen molar-refractivity contribution in [2.75, 3.05) is 26.8 Å². The zero-order valence-electron chi connectivity index (χ0n) is 18.9. The van der Waals surface area contributed by atoms with Crippen molar-refractivity contribution < 1.29 is 18.7 Å². The van der Waals surface area contributed by atoms with Crippen molar-refractivity contribution in [2.45, 2.75) is 32.2 Å². The number of ether oxygens (including phenoxy) is 2. The van der Waals surface area contributed by atoms with E-state index in [1.165, 1.54) is 12.1 Å². The van der Waals surface area contributed by atoms with E-state index in [9.17, 15) is 9.18 Å². The molecule has 3 aromatic rings. The normalized spacial score (nSPS) is 13.8. The first-order valence-corrected chi connectivity index (χ1v) is 11.2. The van der Waals surface area contributed by atoms with Crippen molar-refractivity contribution in [3.63, 3.8) is 0 Å². The topological polar surface area (TPSA) is 79.5 Å². The van der Waals surface area contributed by atoms with E-state index >= 15 is 0 Å². The van der Waals surface area contributed by atoms with Crippen LogP contribution in [0.25, 0.3) is 11.3 Å². The first-order valence-electron chi connectivity index (χ1n) is 11.2. The number of hydrogen-bond acceptors (Lipinski definition) is 4. The van der Waals surface area contributed by atoms with Gasteiger partial charge in [-0.25, -0.2) is 9.18 Å². The fraction of sp³-hybridized carbons (Fsp3) is 0.360. The summed E-state index contributed by atoms with van der Waals surface area (Å²) in [5.41, 5.74) is 3.35. The number of fused-ring (bicyclic) bond motifs is 1. The second kappa shape index (κ2) is 10.4. The predicted octanol–water partition coefficient (Wildman–Crippen LogP) is 4.71. The number of benzene rings is 2. The third kappa shape index (κ3) is 5.83. The van der Waals surface area contributed by atoms with Crippen LogP contribution < -0.4 is 14.8 Å². The van der Waals surface area contributed by atoms with Crippen LogP contribution in [-0.2, 0) is 6.42 Å². The minimum atomic E-state index is -0.286. The number of nitrogens with zero attached hydrogens (tertiary/aromatic N) is 2. The zero-order chi connectivity index (χ0) is 23.2. The zero-order valence-corrected chi connectivity index (χ0v) is 18.9. The van der Waals surface area contributed by atoms with Gasteiger partial charge in [-0.05, 0) is 55.7 Å². The highest BCUT2D eigenvalue weighted by atomic mass is 19.1. The minimum Gasteiger partial charge on any atom is -0.490 e. The molecule has 1 aromatic heterocycles. The van der Waals surface area contributed by atoms with Crippen molar-refractivity contribution in [3.05, 3.63) is 65.6 Å². The number of H-pyrrole nitrogens is 1. The minimum absolute atomic E-state index is 0.139. The molecular formula is C25H29FN4O3. The van der Waals surface area contributed by atoms with Gasteiger partial charge < -0.3 is 19.7 Å². The molecule has 0 bridgehead atoms. The van der Waals surface area contributed by atoms with E-state index in [1.54, 1.807) is 18.0 Å². The van der Waals surface area contributed by atoms with E-state index in [2.05, 4.69) is 15.5 Å². The molecule has 1 aliphatic heterocycles. The molecule has 0 spiro atoms. The molecule has 8 heteroatoms. The second-order valence-electron chi connectivity index (χ2n) is 8.24. The molecule has 0 radical (unpaired) electrons. The Morgan fingerprint density at radius 2 is 2.00 bits per heavy atom. The number of carbonyl (C=O) groups excluding carboxylic acids is 1. The summed E-state index contributed by atoms with van der Waals surface area (Å²) in [5.74, 6) is 1.17. The van der Waals surface area contributed by atoms with Gasteiger partial charge in [-0.1, -0.05) is 18.2 Å². The highest BCUT2D eigenvalue weighted by Gasteiger charge is 2.17. The first kappa shape index (κ1) is 22.6. The second-order valence-corrected chi connectivity index (χ2v) is 8.24. The van der Waals surface area contributed by atoms with Crippen molar-refractivity contribution >= 4 is 6.03 Å². The van der Waals surface area contributed by atoms with Crippen LogP contribution in [0, 0.1) is 5.82 Å². The SMILES string of the molecule is CC(NC(=O)N(C)CCCc1cc(-c2cccc(F)c2)n[nH]1)c1ccc2c(c1)OCCCO2. The summed E-state index contributed by atoms with van der Waals surface area (Å²) < 4.78 is 24.8. The number of nitrogens with one attached hydrogen (secondary N) is 2. The molecule has 0 saturated carbocycles. The molecule has 0 saturated heterocycles. The van der Waals surface area contributed by atoms with E-state index in [0.717, 1.165) is 47.6 Å². The Hall–Kier alpha value is -3.55. The molecule has 0 aliphatic carbocycles. The number of amides is 2. The van der Waals surface area contributed by atoms with Crippen LogP contribution in [0.4, 0.5) is 9.18 Å². The Morgan fingerprint density at radius 1 is 1.18 bits per heavy atom. The average Bonchev–Trinajstić information content (AvgIpc) is 3.15. The van der Waals surface area contributed by atoms with Crippen LogP contribution in [-0.4, -0.2) is 47.9 Å². The molecule has 7 nitrogen and oxygen atoms in total. The van der Waals surface area contributed by atoms with Crippen molar-refractivity contribution in [3.8, 4) is 22.8 Å². The summed E-state index contributed by atoms with van der Waals surface area (Å²) in [7, 11) is 1.78. The molecule has 1 unspecified atom stereocenters. The number of rotatable bonds is 7. The number of hydrogen-bond donors (Lipinski definition) is 2. The number of aromatic nitrogens is 2. The fourth-order valence-electron chi connectivity index (χ4n) is 3.72.